The highest BCUT2D eigenvalue weighted by Crippen LogP contribution is 2.44. The van der Waals surface area contributed by atoms with Crippen molar-refractivity contribution in [2.45, 2.75) is 0 Å². The standard InChI is InChI=1S/C53H34N2S2/c1-3-12-38(13-4-1)45-17-9-10-18-49(45)55(43-26-21-36(22-27-43)41-20-19-35-11-7-8-16-40(35)31-41)44-28-23-37(24-29-44)42-25-30-50-46(32-42)47-33-52-48(34-51(47)56-50)54-53(57-52)39-14-5-2-6-15-39/h1-34H. The first-order chi connectivity index (χ1) is 28.2. The lowest BCUT2D eigenvalue weighted by Crippen LogP contribution is -2.11. The molecule has 2 aromatic heterocycles. The highest BCUT2D eigenvalue weighted by molar-refractivity contribution is 7.26. The van der Waals surface area contributed by atoms with E-state index in [0.717, 1.165) is 33.1 Å². The minimum absolute atomic E-state index is 1.06. The molecule has 0 aliphatic heterocycles. The van der Waals surface area contributed by atoms with E-state index < -0.39 is 0 Å². The van der Waals surface area contributed by atoms with E-state index in [9.17, 15) is 0 Å². The molecule has 11 rings (SSSR count). The zero-order valence-corrected chi connectivity index (χ0v) is 32.5. The van der Waals surface area contributed by atoms with E-state index in [0.29, 0.717) is 0 Å². The molecular formula is C53H34N2S2. The van der Waals surface area contributed by atoms with Gasteiger partial charge in [-0.25, -0.2) is 4.98 Å². The Bertz CT molecular complexity index is 3220. The number of thiazole rings is 1. The van der Waals surface area contributed by atoms with Gasteiger partial charge >= 0.3 is 0 Å². The van der Waals surface area contributed by atoms with Gasteiger partial charge in [0.05, 0.1) is 15.9 Å². The second-order valence-corrected chi connectivity index (χ2v) is 16.5. The molecular weight excluding hydrogens is 729 g/mol. The molecule has 0 amide bonds. The van der Waals surface area contributed by atoms with E-state index in [-0.39, 0.29) is 0 Å². The summed E-state index contributed by atoms with van der Waals surface area (Å²) >= 11 is 3.61. The topological polar surface area (TPSA) is 16.1 Å². The number of rotatable bonds is 7. The molecule has 2 nitrogen and oxygen atoms in total. The maximum absolute atomic E-state index is 5.01. The largest absolute Gasteiger partial charge is 0.310 e. The number of aromatic nitrogens is 1. The molecule has 0 atom stereocenters. The Morgan fingerprint density at radius 3 is 1.67 bits per heavy atom. The molecule has 4 heteroatoms. The third-order valence-electron chi connectivity index (χ3n) is 10.9. The predicted octanol–water partition coefficient (Wildman–Crippen LogP) is 16.0. The molecule has 0 N–H and O–H groups in total. The lowest BCUT2D eigenvalue weighted by Gasteiger charge is -2.28. The first kappa shape index (κ1) is 33.5. The van der Waals surface area contributed by atoms with Crippen molar-refractivity contribution in [2.75, 3.05) is 4.90 Å². The summed E-state index contributed by atoms with van der Waals surface area (Å²) in [4.78, 5) is 7.39. The van der Waals surface area contributed by atoms with Gasteiger partial charge in [0.15, 0.2) is 0 Å². The monoisotopic (exact) mass is 762 g/mol. The van der Waals surface area contributed by atoms with Crippen LogP contribution in [0.2, 0.25) is 0 Å². The average Bonchev–Trinajstić information content (AvgIpc) is 3.87. The molecule has 0 radical (unpaired) electrons. The van der Waals surface area contributed by atoms with Gasteiger partial charge in [0.1, 0.15) is 5.01 Å². The van der Waals surface area contributed by atoms with Crippen LogP contribution in [0.15, 0.2) is 206 Å². The fourth-order valence-electron chi connectivity index (χ4n) is 8.01. The predicted molar refractivity (Wildman–Crippen MR) is 246 cm³/mol. The molecule has 2 heterocycles. The number of benzene rings is 9. The number of anilines is 3. The lowest BCUT2D eigenvalue weighted by molar-refractivity contribution is 1.28. The summed E-state index contributed by atoms with van der Waals surface area (Å²) in [6.45, 7) is 0. The van der Waals surface area contributed by atoms with E-state index in [4.69, 9.17) is 4.98 Å². The van der Waals surface area contributed by atoms with Crippen LogP contribution in [0.3, 0.4) is 0 Å². The first-order valence-corrected chi connectivity index (χ1v) is 20.8. The highest BCUT2D eigenvalue weighted by atomic mass is 32.1. The van der Waals surface area contributed by atoms with Gasteiger partial charge in [-0.2, -0.15) is 0 Å². The van der Waals surface area contributed by atoms with Crippen LogP contribution in [-0.2, 0) is 0 Å². The van der Waals surface area contributed by atoms with Crippen LogP contribution in [0.1, 0.15) is 0 Å². The van der Waals surface area contributed by atoms with E-state index in [1.54, 1.807) is 11.3 Å². The normalized spacial score (nSPS) is 11.5. The molecule has 57 heavy (non-hydrogen) atoms. The van der Waals surface area contributed by atoms with Crippen molar-refractivity contribution in [1.82, 2.24) is 4.98 Å². The molecule has 0 aliphatic carbocycles. The summed E-state index contributed by atoms with van der Waals surface area (Å²) in [7, 11) is 0. The Morgan fingerprint density at radius 1 is 0.351 bits per heavy atom. The Morgan fingerprint density at radius 2 is 0.930 bits per heavy atom. The molecule has 0 saturated heterocycles. The van der Waals surface area contributed by atoms with Crippen molar-refractivity contribution in [1.29, 1.82) is 0 Å². The third-order valence-corrected chi connectivity index (χ3v) is 13.1. The van der Waals surface area contributed by atoms with E-state index in [1.165, 1.54) is 69.0 Å². The maximum atomic E-state index is 5.01. The van der Waals surface area contributed by atoms with Gasteiger partial charge in [-0.1, -0.05) is 146 Å². The maximum Gasteiger partial charge on any atom is 0.124 e. The van der Waals surface area contributed by atoms with Crippen molar-refractivity contribution < 1.29 is 0 Å². The number of hydrogen-bond acceptors (Lipinski definition) is 4. The molecule has 0 aliphatic rings. The molecule has 0 fully saturated rings. The Balaban J connectivity index is 0.975. The van der Waals surface area contributed by atoms with Crippen LogP contribution < -0.4 is 4.90 Å². The molecule has 11 aromatic rings. The van der Waals surface area contributed by atoms with Gasteiger partial charge < -0.3 is 4.90 Å². The highest BCUT2D eigenvalue weighted by Gasteiger charge is 2.18. The fourth-order valence-corrected chi connectivity index (χ4v) is 10.1. The van der Waals surface area contributed by atoms with Crippen LogP contribution in [0.25, 0.3) is 85.1 Å². The Hall–Kier alpha value is -6.85. The van der Waals surface area contributed by atoms with E-state index in [1.807, 2.05) is 11.3 Å². The second kappa shape index (κ2) is 14.0. The lowest BCUT2D eigenvalue weighted by atomic mass is 9.99. The number of nitrogens with zero attached hydrogens (tertiary/aromatic N) is 2. The second-order valence-electron chi connectivity index (χ2n) is 14.4. The Labute approximate surface area is 339 Å². The summed E-state index contributed by atoms with van der Waals surface area (Å²) in [6.07, 6.45) is 0. The quantitative estimate of drug-likeness (QED) is 0.161. The summed E-state index contributed by atoms with van der Waals surface area (Å²) in [6, 6.07) is 74.7. The zero-order valence-electron chi connectivity index (χ0n) is 30.8. The molecule has 0 spiro atoms. The first-order valence-electron chi connectivity index (χ1n) is 19.2. The Kier molecular flexibility index (Phi) is 8.24. The van der Waals surface area contributed by atoms with Gasteiger partial charge in [0.2, 0.25) is 0 Å². The van der Waals surface area contributed by atoms with Crippen LogP contribution in [0.4, 0.5) is 17.1 Å². The number of para-hydroxylation sites is 1. The zero-order chi connectivity index (χ0) is 37.7. The summed E-state index contributed by atoms with van der Waals surface area (Å²) < 4.78 is 3.79. The van der Waals surface area contributed by atoms with Crippen LogP contribution in [0, 0.1) is 0 Å². The van der Waals surface area contributed by atoms with E-state index >= 15 is 0 Å². The van der Waals surface area contributed by atoms with Gasteiger partial charge in [-0.15, -0.1) is 22.7 Å². The smallest absolute Gasteiger partial charge is 0.124 e. The summed E-state index contributed by atoms with van der Waals surface area (Å²) in [5.41, 5.74) is 12.7. The summed E-state index contributed by atoms with van der Waals surface area (Å²) in [5, 5.41) is 6.15. The van der Waals surface area contributed by atoms with Crippen LogP contribution >= 0.6 is 22.7 Å². The summed E-state index contributed by atoms with van der Waals surface area (Å²) in [5.74, 6) is 0. The molecule has 268 valence electrons. The van der Waals surface area contributed by atoms with Gasteiger partial charge in [0, 0.05) is 42.7 Å². The van der Waals surface area contributed by atoms with Crippen molar-refractivity contribution in [3.63, 3.8) is 0 Å². The molecule has 0 bridgehead atoms. The molecule has 9 aromatic carbocycles. The third kappa shape index (κ3) is 6.16. The van der Waals surface area contributed by atoms with E-state index in [2.05, 4.69) is 211 Å². The minimum atomic E-state index is 1.06. The number of hydrogen-bond donors (Lipinski definition) is 0. The number of thiophene rings is 1. The molecule has 0 saturated carbocycles. The fraction of sp³-hybridized carbons (Fsp3) is 0. The molecule has 0 unspecified atom stereocenters. The minimum Gasteiger partial charge on any atom is -0.310 e. The van der Waals surface area contributed by atoms with Crippen molar-refractivity contribution in [3.05, 3.63) is 206 Å². The average molecular weight is 763 g/mol. The van der Waals surface area contributed by atoms with Crippen molar-refractivity contribution in [2.24, 2.45) is 0 Å². The van der Waals surface area contributed by atoms with Gasteiger partial charge in [-0.3, -0.25) is 0 Å². The number of fused-ring (bicyclic) bond motifs is 5. The SMILES string of the molecule is c1ccc(-c2nc3cc4sc5ccc(-c6ccc(N(c7ccc(-c8ccc9ccccc9c8)cc7)c7ccccc7-c7ccccc7)cc6)cc5c4cc3s2)cc1. The van der Waals surface area contributed by atoms with Crippen molar-refractivity contribution in [3.8, 4) is 44.0 Å². The van der Waals surface area contributed by atoms with Crippen LogP contribution in [-0.4, -0.2) is 4.98 Å². The van der Waals surface area contributed by atoms with Gasteiger partial charge in [0.25, 0.3) is 0 Å². The van der Waals surface area contributed by atoms with Crippen molar-refractivity contribution >= 4 is 80.9 Å². The van der Waals surface area contributed by atoms with Crippen LogP contribution in [0.5, 0.6) is 0 Å². The van der Waals surface area contributed by atoms with Gasteiger partial charge in [-0.05, 0) is 99.3 Å².